The Hall–Kier alpha value is -1.25. The minimum absolute atomic E-state index is 0.109. The van der Waals surface area contributed by atoms with E-state index in [0.717, 1.165) is 13.1 Å². The predicted octanol–water partition coefficient (Wildman–Crippen LogP) is 0.172. The summed E-state index contributed by atoms with van der Waals surface area (Å²) in [6.07, 6.45) is 4.03. The maximum Gasteiger partial charge on any atom is 0.225 e. The first-order valence-corrected chi connectivity index (χ1v) is 9.23. The largest absolute Gasteiger partial charge is 0.339 e. The van der Waals surface area contributed by atoms with E-state index in [0.29, 0.717) is 18.9 Å². The Morgan fingerprint density at radius 1 is 1.32 bits per heavy atom. The number of nitrogens with one attached hydrogen (secondary N) is 1. The molecule has 1 N–H and O–H groups in total. The van der Waals surface area contributed by atoms with E-state index in [-0.39, 0.29) is 17.7 Å². The molecule has 22 heavy (non-hydrogen) atoms. The normalized spacial score (nSPS) is 22.5. The van der Waals surface area contributed by atoms with Crippen LogP contribution in [0.25, 0.3) is 0 Å². The van der Waals surface area contributed by atoms with Crippen molar-refractivity contribution in [1.29, 1.82) is 0 Å². The molecule has 1 saturated heterocycles. The standard InChI is InChI=1S/C14H25N5O2S/c1-4-8-22(20,21)17-13-11-19(10-12(13)9-18(2)3)14-15-6-5-7-16-14/h5-7,12-13,17H,4,8-11H2,1-3H3/t12-,13-/m1/s1. The molecule has 0 radical (unpaired) electrons. The van der Waals surface area contributed by atoms with Gasteiger partial charge in [-0.1, -0.05) is 6.92 Å². The van der Waals surface area contributed by atoms with Gasteiger partial charge in [-0.05, 0) is 26.6 Å². The van der Waals surface area contributed by atoms with Crippen molar-refractivity contribution in [2.24, 2.45) is 5.92 Å². The summed E-state index contributed by atoms with van der Waals surface area (Å²) in [5.41, 5.74) is 0. The van der Waals surface area contributed by atoms with E-state index in [9.17, 15) is 8.42 Å². The highest BCUT2D eigenvalue weighted by Gasteiger charge is 2.36. The van der Waals surface area contributed by atoms with Gasteiger partial charge in [0.15, 0.2) is 0 Å². The zero-order valence-electron chi connectivity index (χ0n) is 13.4. The molecule has 0 bridgehead atoms. The Bertz CT molecular complexity index is 564. The van der Waals surface area contributed by atoms with Gasteiger partial charge in [-0.3, -0.25) is 0 Å². The van der Waals surface area contributed by atoms with Crippen LogP contribution in [0, 0.1) is 5.92 Å². The van der Waals surface area contributed by atoms with Crippen LogP contribution in [0.3, 0.4) is 0 Å². The van der Waals surface area contributed by atoms with Crippen molar-refractivity contribution in [3.8, 4) is 0 Å². The van der Waals surface area contributed by atoms with Crippen LogP contribution in [0.1, 0.15) is 13.3 Å². The molecule has 1 aliphatic rings. The lowest BCUT2D eigenvalue weighted by molar-refractivity contribution is 0.315. The molecule has 0 aromatic carbocycles. The molecular formula is C14H25N5O2S. The van der Waals surface area contributed by atoms with Gasteiger partial charge in [-0.2, -0.15) is 0 Å². The van der Waals surface area contributed by atoms with Crippen molar-refractivity contribution in [3.05, 3.63) is 18.5 Å². The minimum Gasteiger partial charge on any atom is -0.339 e. The van der Waals surface area contributed by atoms with Gasteiger partial charge >= 0.3 is 0 Å². The van der Waals surface area contributed by atoms with E-state index in [1.54, 1.807) is 18.5 Å². The van der Waals surface area contributed by atoms with E-state index >= 15 is 0 Å². The van der Waals surface area contributed by atoms with Crippen LogP contribution in [0.4, 0.5) is 5.95 Å². The van der Waals surface area contributed by atoms with Gasteiger partial charge in [0.25, 0.3) is 0 Å². The molecule has 1 aromatic rings. The van der Waals surface area contributed by atoms with Crippen LogP contribution >= 0.6 is 0 Å². The Morgan fingerprint density at radius 2 is 2.00 bits per heavy atom. The third-order valence-corrected chi connectivity index (χ3v) is 5.29. The Labute approximate surface area is 132 Å². The van der Waals surface area contributed by atoms with Gasteiger partial charge in [0.1, 0.15) is 0 Å². The summed E-state index contributed by atoms with van der Waals surface area (Å²) in [5, 5.41) is 0. The molecular weight excluding hydrogens is 302 g/mol. The molecule has 0 amide bonds. The zero-order chi connectivity index (χ0) is 16.2. The number of anilines is 1. The lowest BCUT2D eigenvalue weighted by Gasteiger charge is -2.22. The van der Waals surface area contributed by atoms with Gasteiger partial charge in [0.2, 0.25) is 16.0 Å². The first-order valence-electron chi connectivity index (χ1n) is 7.58. The second-order valence-electron chi connectivity index (χ2n) is 6.02. The molecule has 0 unspecified atom stereocenters. The van der Waals surface area contributed by atoms with Crippen LogP contribution in [-0.4, -0.2) is 68.8 Å². The van der Waals surface area contributed by atoms with E-state index in [1.165, 1.54) is 0 Å². The minimum atomic E-state index is -3.23. The fourth-order valence-corrected chi connectivity index (χ4v) is 4.22. The molecule has 0 saturated carbocycles. The second-order valence-corrected chi connectivity index (χ2v) is 7.89. The molecule has 1 aromatic heterocycles. The molecule has 2 rings (SSSR count). The highest BCUT2D eigenvalue weighted by atomic mass is 32.2. The van der Waals surface area contributed by atoms with Crippen LogP contribution in [-0.2, 0) is 10.0 Å². The third-order valence-electron chi connectivity index (χ3n) is 3.68. The molecule has 7 nitrogen and oxygen atoms in total. The SMILES string of the molecule is CCCS(=O)(=O)N[C@@H]1CN(c2ncccn2)C[C@H]1CN(C)C. The smallest absolute Gasteiger partial charge is 0.225 e. The van der Waals surface area contributed by atoms with Gasteiger partial charge in [0.05, 0.1) is 5.75 Å². The summed E-state index contributed by atoms with van der Waals surface area (Å²) in [4.78, 5) is 12.7. The summed E-state index contributed by atoms with van der Waals surface area (Å²) in [6.45, 7) is 4.05. The Morgan fingerprint density at radius 3 is 2.59 bits per heavy atom. The first-order chi connectivity index (χ1) is 10.4. The molecule has 8 heteroatoms. The second kappa shape index (κ2) is 7.34. The van der Waals surface area contributed by atoms with Crippen molar-refractivity contribution < 1.29 is 8.42 Å². The summed E-state index contributed by atoms with van der Waals surface area (Å²) in [5.74, 6) is 1.04. The van der Waals surface area contributed by atoms with Crippen LogP contribution in [0.5, 0.6) is 0 Å². The average molecular weight is 327 g/mol. The van der Waals surface area contributed by atoms with Crippen molar-refractivity contribution in [2.75, 3.05) is 44.4 Å². The number of hydrogen-bond donors (Lipinski definition) is 1. The number of sulfonamides is 1. The number of nitrogens with zero attached hydrogens (tertiary/aromatic N) is 4. The van der Waals surface area contributed by atoms with Gasteiger partial charge in [-0.15, -0.1) is 0 Å². The van der Waals surface area contributed by atoms with Gasteiger partial charge in [0, 0.05) is 44.0 Å². The molecule has 1 fully saturated rings. The maximum atomic E-state index is 12.1. The van der Waals surface area contributed by atoms with Crippen LogP contribution in [0.15, 0.2) is 18.5 Å². The molecule has 2 heterocycles. The summed E-state index contributed by atoms with van der Waals surface area (Å²) < 4.78 is 27.0. The topological polar surface area (TPSA) is 78.4 Å². The molecule has 124 valence electrons. The van der Waals surface area contributed by atoms with E-state index in [4.69, 9.17) is 0 Å². The predicted molar refractivity (Wildman–Crippen MR) is 87.3 cm³/mol. The van der Waals surface area contributed by atoms with Crippen molar-refractivity contribution in [1.82, 2.24) is 19.6 Å². The lowest BCUT2D eigenvalue weighted by atomic mass is 10.0. The first kappa shape index (κ1) is 17.1. The van der Waals surface area contributed by atoms with E-state index in [1.807, 2.05) is 25.9 Å². The van der Waals surface area contributed by atoms with E-state index in [2.05, 4.69) is 19.6 Å². The fourth-order valence-electron chi connectivity index (χ4n) is 2.83. The van der Waals surface area contributed by atoms with Crippen molar-refractivity contribution in [2.45, 2.75) is 19.4 Å². The van der Waals surface area contributed by atoms with Gasteiger partial charge in [-0.25, -0.2) is 23.1 Å². The monoisotopic (exact) mass is 327 g/mol. The average Bonchev–Trinajstić information content (AvgIpc) is 2.81. The number of hydrogen-bond acceptors (Lipinski definition) is 6. The third kappa shape index (κ3) is 4.62. The Balaban J connectivity index is 2.12. The summed E-state index contributed by atoms with van der Waals surface area (Å²) in [7, 11) is 0.773. The fraction of sp³-hybridized carbons (Fsp3) is 0.714. The van der Waals surface area contributed by atoms with Crippen molar-refractivity contribution in [3.63, 3.8) is 0 Å². The summed E-state index contributed by atoms with van der Waals surface area (Å²) in [6, 6.07) is 1.67. The maximum absolute atomic E-state index is 12.1. The number of rotatable bonds is 7. The molecule has 1 aliphatic heterocycles. The van der Waals surface area contributed by atoms with E-state index < -0.39 is 10.0 Å². The van der Waals surface area contributed by atoms with Crippen LogP contribution < -0.4 is 9.62 Å². The quantitative estimate of drug-likeness (QED) is 0.769. The lowest BCUT2D eigenvalue weighted by Crippen LogP contribution is -2.44. The molecule has 0 aliphatic carbocycles. The number of aromatic nitrogens is 2. The highest BCUT2D eigenvalue weighted by Crippen LogP contribution is 2.22. The highest BCUT2D eigenvalue weighted by molar-refractivity contribution is 7.89. The molecule has 0 spiro atoms. The van der Waals surface area contributed by atoms with Crippen molar-refractivity contribution >= 4 is 16.0 Å². The zero-order valence-corrected chi connectivity index (χ0v) is 14.3. The van der Waals surface area contributed by atoms with Crippen LogP contribution in [0.2, 0.25) is 0 Å². The Kier molecular flexibility index (Phi) is 5.71. The molecule has 2 atom stereocenters. The summed E-state index contributed by atoms with van der Waals surface area (Å²) >= 11 is 0. The van der Waals surface area contributed by atoms with Gasteiger partial charge < -0.3 is 9.80 Å².